The molecule has 0 amide bonds. The van der Waals surface area contributed by atoms with E-state index >= 15 is 0 Å². The third-order valence-electron chi connectivity index (χ3n) is 5.53. The Morgan fingerprint density at radius 3 is 2.46 bits per heavy atom. The number of hydrogen-bond acceptors (Lipinski definition) is 4. The average molecular weight is 371 g/mol. The summed E-state index contributed by atoms with van der Waals surface area (Å²) in [6, 6.07) is 10.6. The third kappa shape index (κ3) is 2.63. The molecule has 1 aliphatic heterocycles. The Labute approximate surface area is 153 Å². The van der Waals surface area contributed by atoms with Crippen molar-refractivity contribution in [1.29, 1.82) is 0 Å². The van der Waals surface area contributed by atoms with Crippen LogP contribution in [0.15, 0.2) is 41.3 Å². The first-order valence-electron chi connectivity index (χ1n) is 9.20. The largest absolute Gasteiger partial charge is 0.448 e. The van der Waals surface area contributed by atoms with Crippen LogP contribution in [0.4, 0.5) is 5.69 Å². The number of rotatable bonds is 3. The molecule has 2 aromatic rings. The van der Waals surface area contributed by atoms with Gasteiger partial charge in [0.05, 0.1) is 10.6 Å². The van der Waals surface area contributed by atoms with Gasteiger partial charge in [-0.1, -0.05) is 6.07 Å². The maximum absolute atomic E-state index is 12.8. The van der Waals surface area contributed by atoms with E-state index in [-0.39, 0.29) is 0 Å². The standard InChI is InChI=1S/C20H21NO4S/c22-26(23,17-8-6-14-4-3-5-15(14)12-17)21-16-7-9-18-19(13-16)25-20(24-18)10-1-2-11-20/h6-9,12-13,21H,1-5,10-11H2. The van der Waals surface area contributed by atoms with Crippen molar-refractivity contribution < 1.29 is 17.9 Å². The third-order valence-corrected chi connectivity index (χ3v) is 6.91. The first-order chi connectivity index (χ1) is 12.5. The van der Waals surface area contributed by atoms with Gasteiger partial charge in [-0.3, -0.25) is 4.72 Å². The highest BCUT2D eigenvalue weighted by Crippen LogP contribution is 2.47. The maximum atomic E-state index is 12.8. The van der Waals surface area contributed by atoms with Gasteiger partial charge in [0, 0.05) is 18.9 Å². The summed E-state index contributed by atoms with van der Waals surface area (Å²) in [4.78, 5) is 0.308. The molecule has 2 aromatic carbocycles. The van der Waals surface area contributed by atoms with Gasteiger partial charge in [-0.05, 0) is 67.5 Å². The smallest absolute Gasteiger partial charge is 0.261 e. The number of aryl methyl sites for hydroxylation is 2. The van der Waals surface area contributed by atoms with E-state index in [4.69, 9.17) is 9.47 Å². The average Bonchev–Trinajstić information content (AvgIpc) is 3.33. The zero-order chi connectivity index (χ0) is 17.8. The van der Waals surface area contributed by atoms with Gasteiger partial charge < -0.3 is 9.47 Å². The molecule has 1 spiro atoms. The minimum absolute atomic E-state index is 0.308. The zero-order valence-electron chi connectivity index (χ0n) is 14.5. The lowest BCUT2D eigenvalue weighted by Gasteiger charge is -2.21. The van der Waals surface area contributed by atoms with Crippen molar-refractivity contribution >= 4 is 15.7 Å². The van der Waals surface area contributed by atoms with Crippen LogP contribution in [0, 0.1) is 0 Å². The number of fused-ring (bicyclic) bond motifs is 2. The van der Waals surface area contributed by atoms with E-state index < -0.39 is 15.8 Å². The van der Waals surface area contributed by atoms with Gasteiger partial charge in [-0.2, -0.15) is 0 Å². The number of hydrogen-bond donors (Lipinski definition) is 1. The molecule has 6 heteroatoms. The van der Waals surface area contributed by atoms with Gasteiger partial charge in [0.2, 0.25) is 0 Å². The van der Waals surface area contributed by atoms with E-state index in [0.717, 1.165) is 50.5 Å². The van der Waals surface area contributed by atoms with Crippen LogP contribution in [-0.2, 0) is 22.9 Å². The second-order valence-corrected chi connectivity index (χ2v) is 9.06. The summed E-state index contributed by atoms with van der Waals surface area (Å²) >= 11 is 0. The van der Waals surface area contributed by atoms with Crippen molar-refractivity contribution in [2.24, 2.45) is 0 Å². The molecule has 3 aliphatic rings. The predicted molar refractivity (Wildman–Crippen MR) is 98.2 cm³/mol. The molecule has 1 saturated carbocycles. The molecule has 5 rings (SSSR count). The molecule has 1 heterocycles. The van der Waals surface area contributed by atoms with E-state index in [1.807, 2.05) is 6.07 Å². The molecule has 136 valence electrons. The van der Waals surface area contributed by atoms with Crippen LogP contribution in [0.2, 0.25) is 0 Å². The fourth-order valence-corrected chi connectivity index (χ4v) is 5.30. The lowest BCUT2D eigenvalue weighted by Crippen LogP contribution is -2.34. The van der Waals surface area contributed by atoms with E-state index in [2.05, 4.69) is 4.72 Å². The van der Waals surface area contributed by atoms with Crippen LogP contribution in [0.1, 0.15) is 43.2 Å². The Morgan fingerprint density at radius 1 is 0.846 bits per heavy atom. The van der Waals surface area contributed by atoms with Crippen molar-refractivity contribution in [2.75, 3.05) is 4.72 Å². The molecule has 1 fully saturated rings. The molecule has 0 radical (unpaired) electrons. The van der Waals surface area contributed by atoms with E-state index in [1.165, 1.54) is 5.56 Å². The second-order valence-electron chi connectivity index (χ2n) is 7.37. The van der Waals surface area contributed by atoms with Gasteiger partial charge in [0.15, 0.2) is 11.5 Å². The molecular formula is C20H21NO4S. The Morgan fingerprint density at radius 2 is 1.62 bits per heavy atom. The molecule has 0 bridgehead atoms. The number of anilines is 1. The maximum Gasteiger partial charge on any atom is 0.261 e. The summed E-state index contributed by atoms with van der Waals surface area (Å²) in [6.07, 6.45) is 7.00. The number of ether oxygens (including phenoxy) is 2. The summed E-state index contributed by atoms with van der Waals surface area (Å²) in [7, 11) is -3.63. The second kappa shape index (κ2) is 5.64. The van der Waals surface area contributed by atoms with E-state index in [9.17, 15) is 8.42 Å². The first-order valence-corrected chi connectivity index (χ1v) is 10.7. The highest BCUT2D eigenvalue weighted by atomic mass is 32.2. The molecule has 0 unspecified atom stereocenters. The Kier molecular flexibility index (Phi) is 3.47. The summed E-state index contributed by atoms with van der Waals surface area (Å²) < 4.78 is 40.2. The molecule has 1 N–H and O–H groups in total. The van der Waals surface area contributed by atoms with Crippen LogP contribution in [0.3, 0.4) is 0 Å². The SMILES string of the molecule is O=S(=O)(Nc1ccc2c(c1)OC1(CCCC1)O2)c1ccc2c(c1)CCC2. The van der Waals surface area contributed by atoms with Gasteiger partial charge in [-0.15, -0.1) is 0 Å². The molecule has 0 aromatic heterocycles. The van der Waals surface area contributed by atoms with Crippen molar-refractivity contribution in [1.82, 2.24) is 0 Å². The van der Waals surface area contributed by atoms with Gasteiger partial charge in [0.25, 0.3) is 15.8 Å². The normalized spacial score (nSPS) is 19.7. The van der Waals surface area contributed by atoms with Crippen molar-refractivity contribution in [3.8, 4) is 11.5 Å². The van der Waals surface area contributed by atoms with Crippen molar-refractivity contribution in [3.05, 3.63) is 47.5 Å². The minimum atomic E-state index is -3.63. The number of benzene rings is 2. The lowest BCUT2D eigenvalue weighted by atomic mass is 10.1. The highest BCUT2D eigenvalue weighted by molar-refractivity contribution is 7.92. The highest BCUT2D eigenvalue weighted by Gasteiger charge is 2.44. The molecule has 0 saturated heterocycles. The summed E-state index contributed by atoms with van der Waals surface area (Å²) in [5, 5.41) is 0. The molecule has 0 atom stereocenters. The minimum Gasteiger partial charge on any atom is -0.448 e. The topological polar surface area (TPSA) is 64.6 Å². The van der Waals surface area contributed by atoms with Crippen molar-refractivity contribution in [2.45, 2.75) is 55.6 Å². The fraction of sp³-hybridized carbons (Fsp3) is 0.400. The zero-order valence-corrected chi connectivity index (χ0v) is 15.3. The van der Waals surface area contributed by atoms with Gasteiger partial charge in [0.1, 0.15) is 0 Å². The lowest BCUT2D eigenvalue weighted by molar-refractivity contribution is -0.0716. The quantitative estimate of drug-likeness (QED) is 0.885. The Balaban J connectivity index is 1.40. The monoisotopic (exact) mass is 371 g/mol. The molecule has 2 aliphatic carbocycles. The number of sulfonamides is 1. The number of nitrogens with one attached hydrogen (secondary N) is 1. The molecule has 5 nitrogen and oxygen atoms in total. The molecule has 26 heavy (non-hydrogen) atoms. The first kappa shape index (κ1) is 16.0. The van der Waals surface area contributed by atoms with E-state index in [0.29, 0.717) is 22.1 Å². The summed E-state index contributed by atoms with van der Waals surface area (Å²) in [5.74, 6) is 0.758. The fourth-order valence-electron chi connectivity index (χ4n) is 4.20. The Hall–Kier alpha value is -2.21. The summed E-state index contributed by atoms with van der Waals surface area (Å²) in [6.45, 7) is 0. The van der Waals surface area contributed by atoms with Crippen LogP contribution in [-0.4, -0.2) is 14.2 Å². The van der Waals surface area contributed by atoms with Crippen LogP contribution in [0.25, 0.3) is 0 Å². The summed E-state index contributed by atoms with van der Waals surface area (Å²) in [5.41, 5.74) is 2.89. The van der Waals surface area contributed by atoms with Gasteiger partial charge in [-0.25, -0.2) is 8.42 Å². The van der Waals surface area contributed by atoms with E-state index in [1.54, 1.807) is 30.3 Å². The van der Waals surface area contributed by atoms with Crippen LogP contribution in [0.5, 0.6) is 11.5 Å². The Bertz CT molecular complexity index is 977. The predicted octanol–water partition coefficient (Wildman–Crippen LogP) is 4.02. The van der Waals surface area contributed by atoms with Crippen LogP contribution < -0.4 is 14.2 Å². The van der Waals surface area contributed by atoms with Crippen molar-refractivity contribution in [3.63, 3.8) is 0 Å². The van der Waals surface area contributed by atoms with Gasteiger partial charge >= 0.3 is 0 Å². The van der Waals surface area contributed by atoms with Crippen LogP contribution >= 0.6 is 0 Å². The molecular weight excluding hydrogens is 350 g/mol.